The fraction of sp³-hybridized carbons (Fsp3) is 0.625. The Balaban J connectivity index is 1.58. The summed E-state index contributed by atoms with van der Waals surface area (Å²) in [5, 5.41) is 3.57. The number of fused-ring (bicyclic) bond motifs is 1. The molecular formula is C16H24N2O. The smallest absolute Gasteiger partial charge is 0.123 e. The van der Waals surface area contributed by atoms with Crippen LogP contribution in [0.5, 0.6) is 5.75 Å². The molecule has 3 rings (SSSR count). The van der Waals surface area contributed by atoms with Crippen molar-refractivity contribution in [3.8, 4) is 5.75 Å². The van der Waals surface area contributed by atoms with Crippen LogP contribution in [0.4, 0.5) is 0 Å². The summed E-state index contributed by atoms with van der Waals surface area (Å²) in [6.45, 7) is 8.88. The third-order valence-electron chi connectivity index (χ3n) is 4.25. The Morgan fingerprint density at radius 3 is 3.16 bits per heavy atom. The lowest BCUT2D eigenvalue weighted by atomic mass is 10.1. The Morgan fingerprint density at radius 2 is 2.32 bits per heavy atom. The van der Waals surface area contributed by atoms with Crippen LogP contribution in [0, 0.1) is 6.92 Å². The molecule has 0 amide bonds. The topological polar surface area (TPSA) is 24.5 Å². The average molecular weight is 260 g/mol. The fourth-order valence-corrected chi connectivity index (χ4v) is 3.17. The number of nitrogens with one attached hydrogen (secondary N) is 1. The molecule has 2 aliphatic rings. The van der Waals surface area contributed by atoms with Gasteiger partial charge in [0.25, 0.3) is 0 Å². The summed E-state index contributed by atoms with van der Waals surface area (Å²) < 4.78 is 6.07. The first-order chi connectivity index (χ1) is 9.24. The molecule has 0 spiro atoms. The van der Waals surface area contributed by atoms with Gasteiger partial charge in [-0.2, -0.15) is 0 Å². The van der Waals surface area contributed by atoms with Crippen LogP contribution in [0.3, 0.4) is 0 Å². The Morgan fingerprint density at radius 1 is 1.42 bits per heavy atom. The van der Waals surface area contributed by atoms with E-state index in [1.54, 1.807) is 0 Å². The standard InChI is InChI=1S/C16H24N2O/c1-3-14-10-18(7-6-17-14)11-15-9-13-8-12(2)4-5-16(13)19-15/h4-5,8,14-15,17H,3,6-7,9-11H2,1-2H3. The Kier molecular flexibility index (Phi) is 3.76. The molecule has 3 heteroatoms. The van der Waals surface area contributed by atoms with Gasteiger partial charge in [-0.15, -0.1) is 0 Å². The van der Waals surface area contributed by atoms with Crippen molar-refractivity contribution in [2.45, 2.75) is 38.8 Å². The quantitative estimate of drug-likeness (QED) is 0.899. The number of hydrogen-bond acceptors (Lipinski definition) is 3. The molecule has 104 valence electrons. The second-order valence-corrected chi connectivity index (χ2v) is 5.87. The maximum absolute atomic E-state index is 6.07. The van der Waals surface area contributed by atoms with E-state index in [1.165, 1.54) is 17.5 Å². The van der Waals surface area contributed by atoms with Crippen molar-refractivity contribution in [2.24, 2.45) is 0 Å². The van der Waals surface area contributed by atoms with Crippen LogP contribution in [0.1, 0.15) is 24.5 Å². The lowest BCUT2D eigenvalue weighted by Crippen LogP contribution is -2.52. The van der Waals surface area contributed by atoms with Crippen molar-refractivity contribution in [2.75, 3.05) is 26.2 Å². The summed E-state index contributed by atoms with van der Waals surface area (Å²) in [6.07, 6.45) is 2.62. The molecule has 1 saturated heterocycles. The van der Waals surface area contributed by atoms with Crippen molar-refractivity contribution in [3.05, 3.63) is 29.3 Å². The minimum absolute atomic E-state index is 0.340. The largest absolute Gasteiger partial charge is 0.488 e. The van der Waals surface area contributed by atoms with E-state index < -0.39 is 0 Å². The van der Waals surface area contributed by atoms with E-state index in [-0.39, 0.29) is 0 Å². The summed E-state index contributed by atoms with van der Waals surface area (Å²) in [5.74, 6) is 1.10. The molecule has 0 radical (unpaired) electrons. The summed E-state index contributed by atoms with van der Waals surface area (Å²) in [5.41, 5.74) is 2.71. The number of hydrogen-bond donors (Lipinski definition) is 1. The third kappa shape index (κ3) is 2.93. The molecule has 1 aromatic rings. The highest BCUT2D eigenvalue weighted by atomic mass is 16.5. The average Bonchev–Trinajstić information content (AvgIpc) is 2.80. The highest BCUT2D eigenvalue weighted by Crippen LogP contribution is 2.29. The van der Waals surface area contributed by atoms with Gasteiger partial charge >= 0.3 is 0 Å². The molecule has 0 aromatic heterocycles. The van der Waals surface area contributed by atoms with Crippen LogP contribution in [-0.2, 0) is 6.42 Å². The molecule has 0 bridgehead atoms. The molecule has 2 heterocycles. The Bertz CT molecular complexity index is 446. The van der Waals surface area contributed by atoms with Crippen LogP contribution in [0.2, 0.25) is 0 Å². The molecule has 0 saturated carbocycles. The van der Waals surface area contributed by atoms with E-state index in [9.17, 15) is 0 Å². The molecular weight excluding hydrogens is 236 g/mol. The summed E-state index contributed by atoms with van der Waals surface area (Å²) in [4.78, 5) is 2.55. The molecule has 2 atom stereocenters. The van der Waals surface area contributed by atoms with Gasteiger partial charge in [-0.25, -0.2) is 0 Å². The lowest BCUT2D eigenvalue weighted by Gasteiger charge is -2.34. The van der Waals surface area contributed by atoms with Crippen molar-refractivity contribution in [1.29, 1.82) is 0 Å². The zero-order valence-corrected chi connectivity index (χ0v) is 12.0. The molecule has 2 aliphatic heterocycles. The van der Waals surface area contributed by atoms with E-state index in [4.69, 9.17) is 4.74 Å². The molecule has 0 aliphatic carbocycles. The van der Waals surface area contributed by atoms with Gasteiger partial charge in [-0.1, -0.05) is 24.6 Å². The third-order valence-corrected chi connectivity index (χ3v) is 4.25. The Hall–Kier alpha value is -1.06. The molecule has 2 unspecified atom stereocenters. The van der Waals surface area contributed by atoms with Crippen molar-refractivity contribution < 1.29 is 4.74 Å². The second-order valence-electron chi connectivity index (χ2n) is 5.87. The van der Waals surface area contributed by atoms with Gasteiger partial charge in [0.1, 0.15) is 11.9 Å². The summed E-state index contributed by atoms with van der Waals surface area (Å²) in [7, 11) is 0. The molecule has 1 fully saturated rings. The number of piperazine rings is 1. The van der Waals surface area contributed by atoms with Crippen LogP contribution in [-0.4, -0.2) is 43.2 Å². The molecule has 1 N–H and O–H groups in total. The fourth-order valence-electron chi connectivity index (χ4n) is 3.17. The number of rotatable bonds is 3. The van der Waals surface area contributed by atoms with Gasteiger partial charge in [-0.3, -0.25) is 4.90 Å². The van der Waals surface area contributed by atoms with Crippen LogP contribution in [0.25, 0.3) is 0 Å². The maximum Gasteiger partial charge on any atom is 0.123 e. The summed E-state index contributed by atoms with van der Waals surface area (Å²) >= 11 is 0. The van der Waals surface area contributed by atoms with Gasteiger partial charge in [0.05, 0.1) is 0 Å². The molecule has 19 heavy (non-hydrogen) atoms. The maximum atomic E-state index is 6.07. The van der Waals surface area contributed by atoms with E-state index in [0.717, 1.165) is 38.3 Å². The van der Waals surface area contributed by atoms with E-state index in [2.05, 4.69) is 42.3 Å². The van der Waals surface area contributed by atoms with Crippen molar-refractivity contribution in [3.63, 3.8) is 0 Å². The van der Waals surface area contributed by atoms with Gasteiger partial charge in [0.2, 0.25) is 0 Å². The SMILES string of the molecule is CCC1CN(CC2Cc3cc(C)ccc3O2)CCN1. The minimum Gasteiger partial charge on any atom is -0.488 e. The first-order valence-corrected chi connectivity index (χ1v) is 7.46. The van der Waals surface area contributed by atoms with Crippen molar-refractivity contribution in [1.82, 2.24) is 10.2 Å². The normalized spacial score (nSPS) is 27.1. The predicted octanol–water partition coefficient (Wildman–Crippen LogP) is 1.98. The number of nitrogens with zero attached hydrogens (tertiary/aromatic N) is 1. The highest BCUT2D eigenvalue weighted by Gasteiger charge is 2.27. The zero-order chi connectivity index (χ0) is 13.2. The summed E-state index contributed by atoms with van der Waals surface area (Å²) in [6, 6.07) is 7.18. The second kappa shape index (κ2) is 5.51. The predicted molar refractivity (Wildman–Crippen MR) is 77.8 cm³/mol. The lowest BCUT2D eigenvalue weighted by molar-refractivity contribution is 0.122. The van der Waals surface area contributed by atoms with Crippen LogP contribution >= 0.6 is 0 Å². The van der Waals surface area contributed by atoms with Gasteiger partial charge in [0, 0.05) is 38.6 Å². The van der Waals surface area contributed by atoms with E-state index >= 15 is 0 Å². The first kappa shape index (κ1) is 12.9. The molecule has 3 nitrogen and oxygen atoms in total. The Labute approximate surface area is 115 Å². The monoisotopic (exact) mass is 260 g/mol. The minimum atomic E-state index is 0.340. The van der Waals surface area contributed by atoms with Crippen LogP contribution < -0.4 is 10.1 Å². The van der Waals surface area contributed by atoms with Gasteiger partial charge < -0.3 is 10.1 Å². The highest BCUT2D eigenvalue weighted by molar-refractivity contribution is 5.40. The number of aryl methyl sites for hydroxylation is 1. The first-order valence-electron chi connectivity index (χ1n) is 7.46. The van der Waals surface area contributed by atoms with E-state index in [0.29, 0.717) is 12.1 Å². The number of benzene rings is 1. The van der Waals surface area contributed by atoms with Crippen molar-refractivity contribution >= 4 is 0 Å². The number of ether oxygens (including phenoxy) is 1. The van der Waals surface area contributed by atoms with Gasteiger partial charge in [-0.05, 0) is 25.0 Å². The van der Waals surface area contributed by atoms with Crippen LogP contribution in [0.15, 0.2) is 18.2 Å². The zero-order valence-electron chi connectivity index (χ0n) is 12.0. The van der Waals surface area contributed by atoms with E-state index in [1.807, 2.05) is 0 Å². The van der Waals surface area contributed by atoms with Gasteiger partial charge in [0.15, 0.2) is 0 Å². The molecule has 1 aromatic carbocycles.